The highest BCUT2D eigenvalue weighted by Crippen LogP contribution is 2.18. The van der Waals surface area contributed by atoms with Crippen molar-refractivity contribution in [3.63, 3.8) is 0 Å². The van der Waals surface area contributed by atoms with Crippen LogP contribution in [0, 0.1) is 0 Å². The normalized spacial score (nSPS) is 12.8. The summed E-state index contributed by atoms with van der Waals surface area (Å²) < 4.78 is 11.2. The van der Waals surface area contributed by atoms with Gasteiger partial charge in [0.1, 0.15) is 0 Å². The van der Waals surface area contributed by atoms with Crippen molar-refractivity contribution >= 4 is 17.9 Å². The molecule has 92 heavy (non-hydrogen) atoms. The third-order valence-corrected chi connectivity index (χ3v) is 18.4. The third-order valence-electron chi connectivity index (χ3n) is 18.4. The number of hydrogen-bond acceptors (Lipinski definition) is 11. The van der Waals surface area contributed by atoms with Gasteiger partial charge in [0.15, 0.2) is 0 Å². The van der Waals surface area contributed by atoms with Crippen LogP contribution in [0.25, 0.3) is 0 Å². The van der Waals surface area contributed by atoms with Crippen molar-refractivity contribution in [2.75, 3.05) is 85.2 Å². The maximum absolute atomic E-state index is 12.9. The maximum atomic E-state index is 12.9. The zero-order valence-corrected chi connectivity index (χ0v) is 61.3. The summed E-state index contributed by atoms with van der Waals surface area (Å²) in [5, 5.41) is 35.2. The SMILES string of the molecule is CCCCCCCCCCCCCCCOC(=O)/C=C/CN(C/C=C/C(=O)OCCCCCCCCCCCCCCC)CC(O)CN(CCCCCCCCCCCCCC)CCCCN(CCCCCCCCCCCCCC)CC(O)CNC/C=C/C(=O)O. The van der Waals surface area contributed by atoms with E-state index in [4.69, 9.17) is 14.6 Å². The van der Waals surface area contributed by atoms with Gasteiger partial charge in [0.25, 0.3) is 0 Å². The molecule has 12 heteroatoms. The molecule has 0 aliphatic carbocycles. The van der Waals surface area contributed by atoms with Crippen molar-refractivity contribution in [3.05, 3.63) is 36.5 Å². The lowest BCUT2D eigenvalue weighted by atomic mass is 10.0. The van der Waals surface area contributed by atoms with Gasteiger partial charge in [-0.25, -0.2) is 14.4 Å². The molecule has 0 bridgehead atoms. The summed E-state index contributed by atoms with van der Waals surface area (Å²) in [7, 11) is 0. The number of hydrogen-bond donors (Lipinski definition) is 4. The zero-order chi connectivity index (χ0) is 66.9. The van der Waals surface area contributed by atoms with Gasteiger partial charge in [-0.2, -0.15) is 0 Å². The van der Waals surface area contributed by atoms with Crippen LogP contribution in [0.5, 0.6) is 0 Å². The lowest BCUT2D eigenvalue weighted by Gasteiger charge is -2.29. The summed E-state index contributed by atoms with van der Waals surface area (Å²) in [6.07, 6.45) is 74.4. The van der Waals surface area contributed by atoms with Crippen molar-refractivity contribution in [3.8, 4) is 0 Å². The Morgan fingerprint density at radius 2 is 0.576 bits per heavy atom. The fourth-order valence-corrected chi connectivity index (χ4v) is 12.6. The van der Waals surface area contributed by atoms with Crippen molar-refractivity contribution < 1.29 is 39.2 Å². The van der Waals surface area contributed by atoms with Gasteiger partial charge >= 0.3 is 17.9 Å². The smallest absolute Gasteiger partial charge is 0.330 e. The molecule has 542 valence electrons. The van der Waals surface area contributed by atoms with E-state index in [9.17, 15) is 24.6 Å². The molecule has 0 aliphatic rings. The average molecular weight is 1300 g/mol. The summed E-state index contributed by atoms with van der Waals surface area (Å²) in [5.41, 5.74) is 0. The molecule has 0 radical (unpaired) electrons. The maximum Gasteiger partial charge on any atom is 0.330 e. The molecular formula is C80H154N4O8. The van der Waals surface area contributed by atoms with Crippen LogP contribution in [0.3, 0.4) is 0 Å². The molecule has 0 saturated heterocycles. The molecule has 0 rings (SSSR count). The lowest BCUT2D eigenvalue weighted by molar-refractivity contribution is -0.138. The highest BCUT2D eigenvalue weighted by atomic mass is 16.5. The molecule has 0 saturated carbocycles. The number of nitrogens with zero attached hydrogens (tertiary/aromatic N) is 3. The van der Waals surface area contributed by atoms with Gasteiger partial charge in [-0.3, -0.25) is 4.90 Å². The van der Waals surface area contributed by atoms with Gasteiger partial charge < -0.3 is 39.9 Å². The average Bonchev–Trinajstić information content (AvgIpc) is 3.75. The lowest BCUT2D eigenvalue weighted by Crippen LogP contribution is -2.41. The first-order valence-corrected chi connectivity index (χ1v) is 39.9. The number of carboxylic acid groups (broad SMARTS) is 1. The Balaban J connectivity index is 5.77. The number of unbranched alkanes of at least 4 members (excludes halogenated alkanes) is 47. The van der Waals surface area contributed by atoms with Crippen LogP contribution in [-0.2, 0) is 23.9 Å². The van der Waals surface area contributed by atoms with Crippen LogP contribution >= 0.6 is 0 Å². The van der Waals surface area contributed by atoms with Gasteiger partial charge in [0.2, 0.25) is 0 Å². The second-order valence-corrected chi connectivity index (χ2v) is 27.6. The Kier molecular flexibility index (Phi) is 72.1. The summed E-state index contributed by atoms with van der Waals surface area (Å²) in [4.78, 5) is 43.7. The van der Waals surface area contributed by atoms with E-state index in [0.29, 0.717) is 59.0 Å². The van der Waals surface area contributed by atoms with E-state index in [2.05, 4.69) is 47.7 Å². The molecule has 0 aromatic heterocycles. The summed E-state index contributed by atoms with van der Waals surface area (Å²) in [5.74, 6) is -1.65. The molecule has 0 fully saturated rings. The number of carboxylic acids is 1. The molecule has 0 amide bonds. The summed E-state index contributed by atoms with van der Waals surface area (Å²) >= 11 is 0. The quantitative estimate of drug-likeness (QED) is 0.0261. The van der Waals surface area contributed by atoms with Crippen molar-refractivity contribution in [2.24, 2.45) is 0 Å². The van der Waals surface area contributed by atoms with Crippen molar-refractivity contribution in [1.82, 2.24) is 20.0 Å². The number of aliphatic carboxylic acids is 1. The predicted molar refractivity (Wildman–Crippen MR) is 394 cm³/mol. The molecule has 0 aromatic rings. The monoisotopic (exact) mass is 1300 g/mol. The Morgan fingerprint density at radius 1 is 0.326 bits per heavy atom. The van der Waals surface area contributed by atoms with Crippen LogP contribution < -0.4 is 5.32 Å². The van der Waals surface area contributed by atoms with Crippen molar-refractivity contribution in [2.45, 2.75) is 374 Å². The Labute approximate surface area is 569 Å². The number of rotatable bonds is 76. The van der Waals surface area contributed by atoms with Gasteiger partial charge in [-0.1, -0.05) is 341 Å². The van der Waals surface area contributed by atoms with Crippen LogP contribution in [-0.4, -0.2) is 145 Å². The van der Waals surface area contributed by atoms with Crippen LogP contribution in [0.4, 0.5) is 0 Å². The third kappa shape index (κ3) is 70.2. The topological polar surface area (TPSA) is 152 Å². The second kappa shape index (κ2) is 74.2. The molecule has 0 aliphatic heterocycles. The molecule has 2 atom stereocenters. The molecular weight excluding hydrogens is 1140 g/mol. The number of carbonyl (C=O) groups excluding carboxylic acids is 2. The van der Waals surface area contributed by atoms with Gasteiger partial charge in [0, 0.05) is 64.0 Å². The molecule has 4 N–H and O–H groups in total. The molecule has 0 aromatic carbocycles. The van der Waals surface area contributed by atoms with Gasteiger partial charge in [-0.15, -0.1) is 0 Å². The first kappa shape index (κ1) is 89.4. The molecule has 2 unspecified atom stereocenters. The first-order valence-electron chi connectivity index (χ1n) is 39.9. The van der Waals surface area contributed by atoms with E-state index in [1.54, 1.807) is 6.08 Å². The van der Waals surface area contributed by atoms with Crippen LogP contribution in [0.15, 0.2) is 36.5 Å². The van der Waals surface area contributed by atoms with Crippen LogP contribution in [0.1, 0.15) is 362 Å². The van der Waals surface area contributed by atoms with Gasteiger partial charge in [0.05, 0.1) is 25.4 Å². The fourth-order valence-electron chi connectivity index (χ4n) is 12.6. The fraction of sp³-hybridized carbons (Fsp3) is 0.887. The number of carbonyl (C=O) groups is 3. The van der Waals surface area contributed by atoms with E-state index < -0.39 is 18.2 Å². The number of aliphatic hydroxyl groups excluding tert-OH is 2. The minimum Gasteiger partial charge on any atom is -0.478 e. The minimum atomic E-state index is -0.971. The second-order valence-electron chi connectivity index (χ2n) is 27.6. The van der Waals surface area contributed by atoms with Crippen molar-refractivity contribution in [1.29, 1.82) is 0 Å². The molecule has 0 spiro atoms. The standard InChI is InChI=1S/C80H154N4O8/c1-5-9-13-17-21-25-29-33-37-41-45-49-55-70-91-79(89)61-58-68-84(69-59-62-80(90)92-71-56-50-46-42-38-34-30-26-22-18-14-10-6-2)75-77(86)74-83(65-52-48-44-40-36-32-28-24-20-16-12-8-4)67-54-53-66-82(73-76(85)72-81-63-57-60-78(87)88)64-51-47-43-39-35-31-27-23-19-15-11-7-3/h57-62,76-77,81,85-86H,5-56,63-75H2,1-4H3,(H,87,88)/b60-57+,61-58+,62-59+. The highest BCUT2D eigenvalue weighted by molar-refractivity contribution is 5.82. The van der Waals surface area contributed by atoms with Gasteiger partial charge in [-0.05, 0) is 64.7 Å². The summed E-state index contributed by atoms with van der Waals surface area (Å²) in [6, 6.07) is 0. The number of esters is 2. The Hall–Kier alpha value is -2.61. The molecule has 0 heterocycles. The van der Waals surface area contributed by atoms with E-state index in [-0.39, 0.29) is 11.9 Å². The largest absolute Gasteiger partial charge is 0.478 e. The Bertz CT molecular complexity index is 1570. The summed E-state index contributed by atoms with van der Waals surface area (Å²) in [6.45, 7) is 16.7. The van der Waals surface area contributed by atoms with E-state index in [1.165, 1.54) is 295 Å². The van der Waals surface area contributed by atoms with E-state index >= 15 is 0 Å². The zero-order valence-electron chi connectivity index (χ0n) is 61.3. The van der Waals surface area contributed by atoms with E-state index in [1.807, 2.05) is 12.2 Å². The number of aliphatic hydroxyl groups is 2. The Morgan fingerprint density at radius 3 is 0.870 bits per heavy atom. The number of nitrogens with one attached hydrogen (secondary N) is 1. The minimum absolute atomic E-state index is 0.338. The van der Waals surface area contributed by atoms with E-state index in [0.717, 1.165) is 83.6 Å². The first-order chi connectivity index (χ1) is 45.1. The highest BCUT2D eigenvalue weighted by Gasteiger charge is 2.17. The van der Waals surface area contributed by atoms with Crippen LogP contribution in [0.2, 0.25) is 0 Å². The number of ether oxygens (including phenoxy) is 2. The predicted octanol–water partition coefficient (Wildman–Crippen LogP) is 20.4. The molecule has 12 nitrogen and oxygen atoms in total.